The molecule has 4 aromatic carbocycles. The molecule has 0 unspecified atom stereocenters. The Balaban J connectivity index is 0.000000172. The van der Waals surface area contributed by atoms with Gasteiger partial charge in [-0.2, -0.15) is 26.3 Å². The van der Waals surface area contributed by atoms with Gasteiger partial charge in [-0.1, -0.05) is 60.7 Å². The topological polar surface area (TPSA) is 140 Å². The number of likely N-dealkylation sites (tertiary alicyclic amines) is 3. The van der Waals surface area contributed by atoms with E-state index in [9.17, 15) is 35.9 Å². The van der Waals surface area contributed by atoms with Crippen LogP contribution in [0.2, 0.25) is 0 Å². The number of halogens is 6. The minimum atomic E-state index is -4.69. The molecule has 69 heavy (non-hydrogen) atoms. The van der Waals surface area contributed by atoms with E-state index < -0.39 is 24.1 Å². The van der Waals surface area contributed by atoms with Crippen LogP contribution in [0.4, 0.5) is 47.3 Å². The van der Waals surface area contributed by atoms with Crippen LogP contribution in [0.25, 0.3) is 22.9 Å². The lowest BCUT2D eigenvalue weighted by Gasteiger charge is -2.53. The molecule has 14 nitrogen and oxygen atoms in total. The van der Waals surface area contributed by atoms with Crippen LogP contribution in [0.3, 0.4) is 0 Å². The Labute approximate surface area is 393 Å². The van der Waals surface area contributed by atoms with E-state index in [0.29, 0.717) is 35.0 Å². The number of piperidine rings is 2. The van der Waals surface area contributed by atoms with E-state index in [4.69, 9.17) is 8.83 Å². The molecule has 6 heterocycles. The third kappa shape index (κ3) is 10.8. The number of hydrogen-bond acceptors (Lipinski definition) is 10. The average molecular weight is 957 g/mol. The van der Waals surface area contributed by atoms with Gasteiger partial charge in [0.05, 0.1) is 13.1 Å². The lowest BCUT2D eigenvalue weighted by atomic mass is 9.72. The summed E-state index contributed by atoms with van der Waals surface area (Å²) >= 11 is 0. The molecule has 6 aromatic rings. The maximum absolute atomic E-state index is 13.6. The number of nitrogens with one attached hydrogen (secondary N) is 1. The zero-order valence-electron chi connectivity index (χ0n) is 37.7. The minimum absolute atomic E-state index is 0.0467. The zero-order valence-corrected chi connectivity index (χ0v) is 37.7. The van der Waals surface area contributed by atoms with Crippen molar-refractivity contribution in [3.05, 3.63) is 132 Å². The summed E-state index contributed by atoms with van der Waals surface area (Å²) in [5.41, 5.74) is 4.67. The highest BCUT2D eigenvalue weighted by molar-refractivity contribution is 5.92. The molecule has 4 saturated heterocycles. The summed E-state index contributed by atoms with van der Waals surface area (Å²) in [5.74, 6) is -3.17. The van der Waals surface area contributed by atoms with Crippen LogP contribution < -0.4 is 15.1 Å². The minimum Gasteiger partial charge on any atom is -0.413 e. The first-order valence-electron chi connectivity index (χ1n) is 22.7. The number of benzene rings is 4. The number of alkyl halides is 6. The van der Waals surface area contributed by atoms with Crippen LogP contribution >= 0.6 is 0 Å². The van der Waals surface area contributed by atoms with Crippen molar-refractivity contribution in [2.45, 2.75) is 51.1 Å². The van der Waals surface area contributed by atoms with Gasteiger partial charge in [0.2, 0.25) is 11.8 Å². The van der Waals surface area contributed by atoms with Gasteiger partial charge in [-0.3, -0.25) is 9.80 Å². The molecule has 2 aromatic heterocycles. The third-order valence-electron chi connectivity index (χ3n) is 13.4. The second kappa shape index (κ2) is 19.3. The first-order chi connectivity index (χ1) is 33.1. The van der Waals surface area contributed by atoms with Crippen molar-refractivity contribution >= 4 is 23.4 Å². The van der Waals surface area contributed by atoms with E-state index in [1.54, 1.807) is 58.3 Å². The van der Waals surface area contributed by atoms with Crippen LogP contribution in [0.15, 0.2) is 118 Å². The molecule has 4 aliphatic heterocycles. The van der Waals surface area contributed by atoms with Gasteiger partial charge in [-0.25, -0.2) is 9.59 Å². The van der Waals surface area contributed by atoms with Gasteiger partial charge in [0.1, 0.15) is 0 Å². The molecule has 0 saturated carbocycles. The molecule has 0 aliphatic carbocycles. The van der Waals surface area contributed by atoms with Gasteiger partial charge in [-0.15, -0.1) is 20.4 Å². The predicted octanol–water partition coefficient (Wildman–Crippen LogP) is 9.48. The van der Waals surface area contributed by atoms with E-state index in [-0.39, 0.29) is 23.8 Å². The molecule has 4 amide bonds. The number of anilines is 2. The maximum atomic E-state index is 13.6. The van der Waals surface area contributed by atoms with Crippen molar-refractivity contribution in [1.82, 2.24) is 40.4 Å². The first kappa shape index (κ1) is 47.3. The molecular formula is C49H50F6N10O4. The number of nitrogens with zero attached hydrogens (tertiary/aromatic N) is 9. The van der Waals surface area contributed by atoms with E-state index in [1.807, 2.05) is 70.5 Å². The van der Waals surface area contributed by atoms with Crippen LogP contribution in [-0.2, 0) is 25.4 Å². The third-order valence-corrected chi connectivity index (χ3v) is 13.4. The Morgan fingerprint density at radius 2 is 0.942 bits per heavy atom. The summed E-state index contributed by atoms with van der Waals surface area (Å²) in [5, 5.41) is 16.5. The molecule has 0 atom stereocenters. The molecule has 362 valence electrons. The van der Waals surface area contributed by atoms with Crippen LogP contribution in [0.5, 0.6) is 0 Å². The number of amides is 4. The molecule has 0 bridgehead atoms. The highest BCUT2D eigenvalue weighted by atomic mass is 19.4. The second-order valence-electron chi connectivity index (χ2n) is 18.4. The standard InChI is InChI=1S/C25H26F3N5O2.C24H24F3N5O2/c1-31-16-24(17-31)11-13-32(14-12-24)23(34)33(20-5-3-2-4-6-20)15-18-7-9-19(10-8-18)21-29-30-22(35-21)25(26,27)28;25-24(26,27)21-30-29-20(34-21)18-8-6-17(7-9-18)14-32(19-4-2-1-3-5-19)22(33)31-12-10-23(11-13-31)15-28-16-23/h2-10H,11-17H2,1H3;1-9,28H,10-16H2. The predicted molar refractivity (Wildman–Crippen MR) is 242 cm³/mol. The smallest absolute Gasteiger partial charge is 0.413 e. The van der Waals surface area contributed by atoms with Crippen molar-refractivity contribution in [2.24, 2.45) is 10.8 Å². The highest BCUT2D eigenvalue weighted by Gasteiger charge is 2.45. The number of hydrogen-bond donors (Lipinski definition) is 1. The zero-order chi connectivity index (χ0) is 48.4. The Morgan fingerprint density at radius 1 is 0.565 bits per heavy atom. The molecule has 10 rings (SSSR count). The SMILES string of the molecule is CN1CC2(CCN(C(=O)N(Cc3ccc(-c4nnc(C(F)(F)F)o4)cc3)c3ccccc3)CC2)C1.O=C(N1CCC2(CC1)CNC2)N(Cc1ccc(-c2nnc(C(F)(F)F)o2)cc1)c1ccccc1. The van der Waals surface area contributed by atoms with Crippen molar-refractivity contribution in [2.75, 3.05) is 69.2 Å². The van der Waals surface area contributed by atoms with Crippen molar-refractivity contribution < 1.29 is 44.8 Å². The number of carbonyl (C=O) groups is 2. The largest absolute Gasteiger partial charge is 0.470 e. The van der Waals surface area contributed by atoms with Crippen molar-refractivity contribution in [3.63, 3.8) is 0 Å². The van der Waals surface area contributed by atoms with Crippen LogP contribution in [0, 0.1) is 10.8 Å². The second-order valence-corrected chi connectivity index (χ2v) is 18.4. The molecule has 0 radical (unpaired) electrons. The Hall–Kier alpha value is -6.80. The van der Waals surface area contributed by atoms with Crippen molar-refractivity contribution in [3.8, 4) is 22.9 Å². The number of urea groups is 2. The number of carbonyl (C=O) groups excluding carboxylic acids is 2. The van der Waals surface area contributed by atoms with E-state index >= 15 is 0 Å². The maximum Gasteiger partial charge on any atom is 0.470 e. The summed E-state index contributed by atoms with van der Waals surface area (Å²) in [7, 11) is 2.12. The quantitative estimate of drug-likeness (QED) is 0.147. The van der Waals surface area contributed by atoms with Gasteiger partial charge >= 0.3 is 36.2 Å². The van der Waals surface area contributed by atoms with Crippen molar-refractivity contribution in [1.29, 1.82) is 0 Å². The fourth-order valence-electron chi connectivity index (χ4n) is 9.47. The Morgan fingerprint density at radius 3 is 1.26 bits per heavy atom. The Bertz CT molecular complexity index is 2670. The number of para-hydroxylation sites is 2. The van der Waals surface area contributed by atoms with Gasteiger partial charge < -0.3 is 28.9 Å². The lowest BCUT2D eigenvalue weighted by Crippen LogP contribution is -2.60. The van der Waals surface area contributed by atoms with Crippen LogP contribution in [-0.4, -0.2) is 107 Å². The fraction of sp³-hybridized carbons (Fsp3) is 0.388. The van der Waals surface area contributed by atoms with E-state index in [2.05, 4.69) is 37.7 Å². The van der Waals surface area contributed by atoms with Gasteiger partial charge in [-0.05, 0) is 103 Å². The number of aromatic nitrogens is 4. The Kier molecular flexibility index (Phi) is 13.2. The monoisotopic (exact) mass is 956 g/mol. The fourth-order valence-corrected chi connectivity index (χ4v) is 9.47. The lowest BCUT2D eigenvalue weighted by molar-refractivity contribution is -0.157. The molecule has 2 spiro atoms. The number of rotatable bonds is 8. The van der Waals surface area contributed by atoms with Gasteiger partial charge in [0, 0.05) is 74.9 Å². The summed E-state index contributed by atoms with van der Waals surface area (Å²) in [6.07, 6.45) is -5.38. The molecular weight excluding hydrogens is 907 g/mol. The molecule has 4 aliphatic rings. The summed E-state index contributed by atoms with van der Waals surface area (Å²) < 4.78 is 86.0. The molecule has 20 heteroatoms. The first-order valence-corrected chi connectivity index (χ1v) is 22.7. The van der Waals surface area contributed by atoms with Crippen LogP contribution in [0.1, 0.15) is 48.6 Å². The molecule has 4 fully saturated rings. The van der Waals surface area contributed by atoms with E-state index in [1.165, 1.54) is 0 Å². The molecule has 1 N–H and O–H groups in total. The average Bonchev–Trinajstić information content (AvgIpc) is 4.06. The van der Waals surface area contributed by atoms with Gasteiger partial charge in [0.25, 0.3) is 0 Å². The van der Waals surface area contributed by atoms with E-state index in [0.717, 1.165) is 101 Å². The van der Waals surface area contributed by atoms with Gasteiger partial charge in [0.15, 0.2) is 0 Å². The highest BCUT2D eigenvalue weighted by Crippen LogP contribution is 2.40. The normalized spacial score (nSPS) is 17.7. The summed E-state index contributed by atoms with van der Waals surface area (Å²) in [6.45, 7) is 7.78. The summed E-state index contributed by atoms with van der Waals surface area (Å²) in [4.78, 5) is 36.7. The summed E-state index contributed by atoms with van der Waals surface area (Å²) in [6, 6.07) is 32.3.